The van der Waals surface area contributed by atoms with Gasteiger partial charge in [0.1, 0.15) is 11.4 Å². The van der Waals surface area contributed by atoms with Gasteiger partial charge in [-0.25, -0.2) is 4.90 Å². The monoisotopic (exact) mass is 467 g/mol. The van der Waals surface area contributed by atoms with Gasteiger partial charge in [0, 0.05) is 30.0 Å². The molecule has 5 rings (SSSR count). The van der Waals surface area contributed by atoms with Gasteiger partial charge in [0.05, 0.1) is 18.4 Å². The molecule has 6 heteroatoms. The summed E-state index contributed by atoms with van der Waals surface area (Å²) in [5.74, 6) is -0.228. The van der Waals surface area contributed by atoms with Gasteiger partial charge in [0.15, 0.2) is 0 Å². The molecule has 0 saturated carbocycles. The number of anilines is 3. The summed E-state index contributed by atoms with van der Waals surface area (Å²) in [6.45, 7) is 4.06. The van der Waals surface area contributed by atoms with Crippen LogP contribution in [0.25, 0.3) is 5.57 Å². The first-order valence-corrected chi connectivity index (χ1v) is 12.0. The van der Waals surface area contributed by atoms with Crippen molar-refractivity contribution in [3.05, 3.63) is 89.6 Å². The minimum absolute atomic E-state index is 0.242. The zero-order valence-electron chi connectivity index (χ0n) is 20.1. The van der Waals surface area contributed by atoms with Crippen LogP contribution in [0.1, 0.15) is 30.4 Å². The molecule has 0 spiro atoms. The number of piperidine rings is 1. The number of methoxy groups -OCH3 is 1. The highest BCUT2D eigenvalue weighted by Crippen LogP contribution is 2.37. The van der Waals surface area contributed by atoms with E-state index in [4.69, 9.17) is 4.74 Å². The fraction of sp³-hybridized carbons (Fsp3) is 0.241. The van der Waals surface area contributed by atoms with Crippen LogP contribution in [0.3, 0.4) is 0 Å². The molecule has 2 heterocycles. The number of carbonyl (C=O) groups excluding carboxylic acids is 2. The van der Waals surface area contributed by atoms with E-state index in [9.17, 15) is 9.59 Å². The average Bonchev–Trinajstić information content (AvgIpc) is 3.13. The summed E-state index contributed by atoms with van der Waals surface area (Å²) in [4.78, 5) is 31.0. The molecule has 2 amide bonds. The Bertz CT molecular complexity index is 1290. The number of amides is 2. The van der Waals surface area contributed by atoms with E-state index in [0.717, 1.165) is 24.3 Å². The molecule has 1 saturated heterocycles. The van der Waals surface area contributed by atoms with Gasteiger partial charge in [0.2, 0.25) is 0 Å². The third-order valence-electron chi connectivity index (χ3n) is 6.58. The van der Waals surface area contributed by atoms with Crippen molar-refractivity contribution in [1.82, 2.24) is 0 Å². The summed E-state index contributed by atoms with van der Waals surface area (Å²) in [6.07, 6.45) is 3.70. The van der Waals surface area contributed by atoms with Gasteiger partial charge in [0.25, 0.3) is 11.8 Å². The third-order valence-corrected chi connectivity index (χ3v) is 6.58. The highest BCUT2D eigenvalue weighted by atomic mass is 16.5. The van der Waals surface area contributed by atoms with Crippen LogP contribution in [0.5, 0.6) is 5.75 Å². The second kappa shape index (κ2) is 9.66. The molecule has 0 bridgehead atoms. The highest BCUT2D eigenvalue weighted by molar-refractivity contribution is 6.46. The van der Waals surface area contributed by atoms with Crippen molar-refractivity contribution in [3.8, 4) is 5.75 Å². The average molecular weight is 468 g/mol. The molecule has 1 N–H and O–H groups in total. The van der Waals surface area contributed by atoms with Crippen molar-refractivity contribution < 1.29 is 14.3 Å². The van der Waals surface area contributed by atoms with Crippen LogP contribution in [-0.4, -0.2) is 32.0 Å². The first-order chi connectivity index (χ1) is 17.1. The predicted molar refractivity (Wildman–Crippen MR) is 140 cm³/mol. The Morgan fingerprint density at radius 2 is 1.54 bits per heavy atom. The molecule has 0 aromatic heterocycles. The lowest BCUT2D eigenvalue weighted by atomic mass is 10.0. The summed E-state index contributed by atoms with van der Waals surface area (Å²) in [5.41, 5.74) is 4.56. The summed E-state index contributed by atoms with van der Waals surface area (Å²) < 4.78 is 5.53. The van der Waals surface area contributed by atoms with E-state index in [1.807, 2.05) is 49.4 Å². The van der Waals surface area contributed by atoms with Crippen LogP contribution in [-0.2, 0) is 9.59 Å². The van der Waals surface area contributed by atoms with Crippen molar-refractivity contribution in [2.24, 2.45) is 0 Å². The number of hydrogen-bond donors (Lipinski definition) is 1. The van der Waals surface area contributed by atoms with Crippen molar-refractivity contribution in [3.63, 3.8) is 0 Å². The zero-order chi connectivity index (χ0) is 24.4. The Balaban J connectivity index is 1.53. The SMILES string of the molecule is COc1ccccc1C1=C(Nc2ccc(N3CCCCC3)cc2)C(=O)N(c2cccc(C)c2)C1=O. The van der Waals surface area contributed by atoms with Crippen molar-refractivity contribution in [1.29, 1.82) is 0 Å². The van der Waals surface area contributed by atoms with Gasteiger partial charge < -0.3 is 15.0 Å². The predicted octanol–water partition coefficient (Wildman–Crippen LogP) is 5.39. The summed E-state index contributed by atoms with van der Waals surface area (Å²) in [6, 6.07) is 22.7. The lowest BCUT2D eigenvalue weighted by Crippen LogP contribution is -2.32. The van der Waals surface area contributed by atoms with E-state index < -0.39 is 0 Å². The van der Waals surface area contributed by atoms with Crippen LogP contribution in [0.2, 0.25) is 0 Å². The van der Waals surface area contributed by atoms with E-state index in [1.54, 1.807) is 25.3 Å². The Hall–Kier alpha value is -4.06. The molecule has 0 unspecified atom stereocenters. The molecule has 35 heavy (non-hydrogen) atoms. The maximum Gasteiger partial charge on any atom is 0.282 e. The van der Waals surface area contributed by atoms with Crippen molar-refractivity contribution in [2.45, 2.75) is 26.2 Å². The highest BCUT2D eigenvalue weighted by Gasteiger charge is 2.41. The van der Waals surface area contributed by atoms with Crippen molar-refractivity contribution >= 4 is 34.4 Å². The Labute approximate surface area is 205 Å². The summed E-state index contributed by atoms with van der Waals surface area (Å²) in [5, 5.41) is 3.26. The first-order valence-electron chi connectivity index (χ1n) is 12.0. The largest absolute Gasteiger partial charge is 0.496 e. The molecular formula is C29H29N3O3. The van der Waals surface area contributed by atoms with Crippen LogP contribution in [0.4, 0.5) is 17.1 Å². The molecule has 0 radical (unpaired) electrons. The summed E-state index contributed by atoms with van der Waals surface area (Å²) in [7, 11) is 1.56. The van der Waals surface area contributed by atoms with Gasteiger partial charge in [-0.1, -0.05) is 30.3 Å². The Morgan fingerprint density at radius 1 is 0.800 bits per heavy atom. The topological polar surface area (TPSA) is 61.9 Å². The van der Waals surface area contributed by atoms with E-state index in [-0.39, 0.29) is 17.5 Å². The Morgan fingerprint density at radius 3 is 2.26 bits per heavy atom. The minimum atomic E-state index is -0.387. The van der Waals surface area contributed by atoms with Gasteiger partial charge in [-0.15, -0.1) is 0 Å². The van der Waals surface area contributed by atoms with Crippen molar-refractivity contribution in [2.75, 3.05) is 35.3 Å². The lowest BCUT2D eigenvalue weighted by molar-refractivity contribution is -0.120. The molecule has 1 fully saturated rings. The summed E-state index contributed by atoms with van der Waals surface area (Å²) >= 11 is 0. The number of nitrogens with one attached hydrogen (secondary N) is 1. The number of para-hydroxylation sites is 1. The van der Waals surface area contributed by atoms with Crippen LogP contribution in [0.15, 0.2) is 78.5 Å². The van der Waals surface area contributed by atoms with E-state index in [1.165, 1.54) is 29.8 Å². The molecule has 3 aromatic rings. The molecule has 0 aliphatic carbocycles. The number of aryl methyl sites for hydroxylation is 1. The molecule has 2 aliphatic rings. The van der Waals surface area contributed by atoms with Gasteiger partial charge in [-0.05, 0) is 74.2 Å². The molecule has 2 aliphatic heterocycles. The number of benzene rings is 3. The molecule has 6 nitrogen and oxygen atoms in total. The first kappa shape index (κ1) is 22.7. The Kier molecular flexibility index (Phi) is 6.27. The normalized spacial score (nSPS) is 16.2. The number of nitrogens with zero attached hydrogens (tertiary/aromatic N) is 2. The minimum Gasteiger partial charge on any atom is -0.496 e. The maximum atomic E-state index is 13.7. The van der Waals surface area contributed by atoms with Crippen LogP contribution < -0.4 is 19.9 Å². The number of hydrogen-bond acceptors (Lipinski definition) is 5. The second-order valence-electron chi connectivity index (χ2n) is 8.95. The molecule has 0 atom stereocenters. The quantitative estimate of drug-likeness (QED) is 0.493. The number of rotatable bonds is 6. The van der Waals surface area contributed by atoms with Gasteiger partial charge >= 0.3 is 0 Å². The smallest absolute Gasteiger partial charge is 0.282 e. The van der Waals surface area contributed by atoms with Gasteiger partial charge in [-0.3, -0.25) is 9.59 Å². The van der Waals surface area contributed by atoms with E-state index in [2.05, 4.69) is 22.3 Å². The fourth-order valence-corrected chi connectivity index (χ4v) is 4.80. The molecular weight excluding hydrogens is 438 g/mol. The van der Waals surface area contributed by atoms with Crippen LogP contribution >= 0.6 is 0 Å². The lowest BCUT2D eigenvalue weighted by Gasteiger charge is -2.28. The van der Waals surface area contributed by atoms with Crippen LogP contribution in [0, 0.1) is 6.92 Å². The third kappa shape index (κ3) is 4.39. The standard InChI is InChI=1S/C29H29N3O3/c1-20-9-8-10-23(19-20)32-28(33)26(24-11-4-5-12-25(24)35-2)27(29(32)34)30-21-13-15-22(16-14-21)31-17-6-3-7-18-31/h4-5,8-16,19,30H,3,6-7,17-18H2,1-2H3. The van der Waals surface area contributed by atoms with Gasteiger partial charge in [-0.2, -0.15) is 0 Å². The maximum absolute atomic E-state index is 13.7. The zero-order valence-corrected chi connectivity index (χ0v) is 20.1. The van der Waals surface area contributed by atoms with E-state index >= 15 is 0 Å². The fourth-order valence-electron chi connectivity index (χ4n) is 4.80. The number of imide groups is 1. The van der Waals surface area contributed by atoms with E-state index in [0.29, 0.717) is 22.6 Å². The molecule has 178 valence electrons. The molecule has 3 aromatic carbocycles. The number of ether oxygens (including phenoxy) is 1. The second-order valence-corrected chi connectivity index (χ2v) is 8.95. The number of carbonyl (C=O) groups is 2.